The number of quaternary nitrogens is 1. The number of nitrogens with zero attached hydrogens (tertiary/aromatic N) is 1. The maximum Gasteiger partial charge on any atom is 0.472 e. The molecule has 0 aliphatic heterocycles. The summed E-state index contributed by atoms with van der Waals surface area (Å²) in [5.41, 5.74) is 0. The van der Waals surface area contributed by atoms with Gasteiger partial charge in [0, 0.05) is 6.42 Å². The summed E-state index contributed by atoms with van der Waals surface area (Å²) in [6.45, 7) is 4.80. The van der Waals surface area contributed by atoms with E-state index in [0.29, 0.717) is 17.4 Å². The number of phosphoric acid groups is 1. The lowest BCUT2D eigenvalue weighted by atomic mass is 10.0. The van der Waals surface area contributed by atoms with E-state index in [-0.39, 0.29) is 19.1 Å². The summed E-state index contributed by atoms with van der Waals surface area (Å²) in [5, 5.41) is 13.8. The maximum absolute atomic E-state index is 12.9. The van der Waals surface area contributed by atoms with E-state index < -0.39 is 20.0 Å². The smallest absolute Gasteiger partial charge is 0.387 e. The molecule has 3 N–H and O–H groups in total. The summed E-state index contributed by atoms with van der Waals surface area (Å²) in [7, 11) is 1.57. The molecule has 59 heavy (non-hydrogen) atoms. The third-order valence-corrected chi connectivity index (χ3v) is 12.1. The van der Waals surface area contributed by atoms with Crippen molar-refractivity contribution in [3.05, 3.63) is 36.5 Å². The second kappa shape index (κ2) is 42.0. The zero-order valence-corrected chi connectivity index (χ0v) is 40.4. The number of hydrogen-bond acceptors (Lipinski definition) is 5. The van der Waals surface area contributed by atoms with Gasteiger partial charge in [0.15, 0.2) is 0 Å². The molecule has 8 nitrogen and oxygen atoms in total. The van der Waals surface area contributed by atoms with Gasteiger partial charge in [0.25, 0.3) is 0 Å². The van der Waals surface area contributed by atoms with Crippen LogP contribution in [-0.2, 0) is 18.4 Å². The molecule has 0 radical (unpaired) electrons. The van der Waals surface area contributed by atoms with Gasteiger partial charge in [-0.1, -0.05) is 204 Å². The molecule has 0 rings (SSSR count). The van der Waals surface area contributed by atoms with E-state index >= 15 is 0 Å². The van der Waals surface area contributed by atoms with Crippen molar-refractivity contribution in [1.82, 2.24) is 5.32 Å². The van der Waals surface area contributed by atoms with E-state index in [0.717, 1.165) is 44.9 Å². The van der Waals surface area contributed by atoms with E-state index in [1.54, 1.807) is 6.08 Å². The highest BCUT2D eigenvalue weighted by Gasteiger charge is 2.27. The van der Waals surface area contributed by atoms with Gasteiger partial charge >= 0.3 is 7.82 Å². The van der Waals surface area contributed by atoms with Crippen LogP contribution >= 0.6 is 7.82 Å². The van der Waals surface area contributed by atoms with Crippen LogP contribution in [0.25, 0.3) is 0 Å². The Kier molecular flexibility index (Phi) is 41.1. The fraction of sp³-hybridized carbons (Fsp3) is 0.860. The molecule has 0 heterocycles. The number of unbranched alkanes of at least 4 members (excludes halogenated alkanes) is 28. The van der Waals surface area contributed by atoms with Crippen LogP contribution < -0.4 is 5.32 Å². The summed E-state index contributed by atoms with van der Waals surface area (Å²) in [6.07, 6.45) is 52.2. The zero-order chi connectivity index (χ0) is 43.6. The number of allylic oxidation sites excluding steroid dienone is 5. The second-order valence-electron chi connectivity index (χ2n) is 18.2. The standard InChI is InChI=1S/C50H97N2O6P/c1-6-8-10-12-14-16-18-20-21-22-23-24-25-26-27-28-29-30-31-32-34-36-38-40-42-44-50(54)51-48(47-58-59(55,56)57-46-45-52(3,4)5)49(53)43-41-39-37-35-33-19-17-15-13-11-9-7-2/h18,20,22-23,41,43,48-49,53H,6-17,19,21,24-40,42,44-47H2,1-5H3,(H-,51,54,55,56)/p+1/b20-18-,23-22-,43-41+. The van der Waals surface area contributed by atoms with Gasteiger partial charge in [0.2, 0.25) is 5.91 Å². The van der Waals surface area contributed by atoms with Gasteiger partial charge in [0.1, 0.15) is 13.2 Å². The van der Waals surface area contributed by atoms with Crippen molar-refractivity contribution in [3.63, 3.8) is 0 Å². The highest BCUT2D eigenvalue weighted by molar-refractivity contribution is 7.47. The predicted molar refractivity (Wildman–Crippen MR) is 254 cm³/mol. The second-order valence-corrected chi connectivity index (χ2v) is 19.6. The van der Waals surface area contributed by atoms with Gasteiger partial charge in [-0.25, -0.2) is 4.57 Å². The van der Waals surface area contributed by atoms with Crippen LogP contribution in [0.1, 0.15) is 226 Å². The molecule has 9 heteroatoms. The first-order valence-corrected chi connectivity index (χ1v) is 26.4. The van der Waals surface area contributed by atoms with Gasteiger partial charge in [-0.3, -0.25) is 13.8 Å². The fourth-order valence-corrected chi connectivity index (χ4v) is 7.87. The minimum Gasteiger partial charge on any atom is -0.387 e. The molecule has 0 aromatic carbocycles. The molecule has 3 unspecified atom stereocenters. The number of aliphatic hydroxyl groups is 1. The third kappa shape index (κ3) is 44.6. The molecule has 348 valence electrons. The summed E-state index contributed by atoms with van der Waals surface area (Å²) in [5.74, 6) is -0.178. The SMILES string of the molecule is CCCCCCC/C=C\C/C=C\CCCCCCCCCCCCCCCC(=O)NC(COP(=O)(O)OCC[N+](C)(C)C)C(O)/C=C/CCCCCCCCCCCC. The highest BCUT2D eigenvalue weighted by atomic mass is 31.2. The van der Waals surface area contributed by atoms with Crippen LogP contribution in [0.3, 0.4) is 0 Å². The number of carbonyl (C=O) groups excluding carboxylic acids is 1. The molecular formula is C50H98N2O6P+. The Labute approximate surface area is 366 Å². The van der Waals surface area contributed by atoms with Gasteiger partial charge in [-0.15, -0.1) is 0 Å². The molecule has 0 aliphatic carbocycles. The number of nitrogens with one attached hydrogen (secondary N) is 1. The number of rotatable bonds is 45. The maximum atomic E-state index is 12.9. The molecule has 0 fully saturated rings. The van der Waals surface area contributed by atoms with Crippen LogP contribution in [0.15, 0.2) is 36.5 Å². The van der Waals surface area contributed by atoms with E-state index in [2.05, 4.69) is 43.5 Å². The van der Waals surface area contributed by atoms with Crippen molar-refractivity contribution in [2.75, 3.05) is 40.9 Å². The van der Waals surface area contributed by atoms with E-state index in [1.165, 1.54) is 161 Å². The van der Waals surface area contributed by atoms with E-state index in [9.17, 15) is 19.4 Å². The van der Waals surface area contributed by atoms with E-state index in [1.807, 2.05) is 27.2 Å². The van der Waals surface area contributed by atoms with Gasteiger partial charge < -0.3 is 19.8 Å². The summed E-state index contributed by atoms with van der Waals surface area (Å²) in [6, 6.07) is -0.844. The molecule has 1 amide bonds. The van der Waals surface area contributed by atoms with Gasteiger partial charge in [-0.05, 0) is 51.4 Å². The normalized spacial score (nSPS) is 14.5. The number of hydrogen-bond donors (Lipinski definition) is 3. The molecule has 0 aliphatic rings. The Balaban J connectivity index is 4.20. The molecular weight excluding hydrogens is 756 g/mol. The van der Waals surface area contributed by atoms with Crippen molar-refractivity contribution in [1.29, 1.82) is 0 Å². The Morgan fingerprint density at radius 1 is 0.576 bits per heavy atom. The number of phosphoric ester groups is 1. The third-order valence-electron chi connectivity index (χ3n) is 11.1. The molecule has 3 atom stereocenters. The molecule has 0 bridgehead atoms. The van der Waals surface area contributed by atoms with Crippen molar-refractivity contribution in [2.45, 2.75) is 238 Å². The average molecular weight is 854 g/mol. The minimum absolute atomic E-state index is 0.0617. The molecule has 0 spiro atoms. The van der Waals surface area contributed by atoms with Crippen molar-refractivity contribution >= 4 is 13.7 Å². The largest absolute Gasteiger partial charge is 0.472 e. The first-order chi connectivity index (χ1) is 28.5. The fourth-order valence-electron chi connectivity index (χ4n) is 7.13. The topological polar surface area (TPSA) is 105 Å². The zero-order valence-electron chi connectivity index (χ0n) is 39.5. The van der Waals surface area contributed by atoms with E-state index in [4.69, 9.17) is 9.05 Å². The first-order valence-electron chi connectivity index (χ1n) is 24.9. The summed E-state index contributed by atoms with van der Waals surface area (Å²) >= 11 is 0. The lowest BCUT2D eigenvalue weighted by Crippen LogP contribution is -2.45. The van der Waals surface area contributed by atoms with Crippen molar-refractivity contribution in [2.24, 2.45) is 0 Å². The minimum atomic E-state index is -4.34. The number of carbonyl (C=O) groups is 1. The Morgan fingerprint density at radius 2 is 0.966 bits per heavy atom. The number of aliphatic hydroxyl groups excluding tert-OH is 1. The van der Waals surface area contributed by atoms with Gasteiger partial charge in [0.05, 0.1) is 39.9 Å². The number of likely N-dealkylation sites (N-methyl/N-ethyl adjacent to an activating group) is 1. The first kappa shape index (κ1) is 57.7. The molecule has 0 saturated carbocycles. The molecule has 0 saturated heterocycles. The Hall–Kier alpha value is -1.28. The lowest BCUT2D eigenvalue weighted by molar-refractivity contribution is -0.870. The van der Waals surface area contributed by atoms with Crippen LogP contribution in [0, 0.1) is 0 Å². The monoisotopic (exact) mass is 854 g/mol. The van der Waals surface area contributed by atoms with Crippen LogP contribution in [0.4, 0.5) is 0 Å². The molecule has 0 aromatic rings. The van der Waals surface area contributed by atoms with Crippen molar-refractivity contribution < 1.29 is 32.9 Å². The Bertz CT molecular complexity index is 1060. The average Bonchev–Trinajstić information content (AvgIpc) is 3.19. The van der Waals surface area contributed by atoms with Crippen molar-refractivity contribution in [3.8, 4) is 0 Å². The van der Waals surface area contributed by atoms with Gasteiger partial charge in [-0.2, -0.15) is 0 Å². The van der Waals surface area contributed by atoms with Crippen LogP contribution in [-0.4, -0.2) is 73.4 Å². The van der Waals surface area contributed by atoms with Crippen LogP contribution in [0.5, 0.6) is 0 Å². The number of amides is 1. The summed E-state index contributed by atoms with van der Waals surface area (Å²) < 4.78 is 23.6. The van der Waals surface area contributed by atoms with Crippen LogP contribution in [0.2, 0.25) is 0 Å². The summed E-state index contributed by atoms with van der Waals surface area (Å²) in [4.78, 5) is 23.2. The Morgan fingerprint density at radius 3 is 1.39 bits per heavy atom. The predicted octanol–water partition coefficient (Wildman–Crippen LogP) is 14.3. The quantitative estimate of drug-likeness (QED) is 0.0244. The molecule has 0 aromatic heterocycles. The highest BCUT2D eigenvalue weighted by Crippen LogP contribution is 2.43. The lowest BCUT2D eigenvalue weighted by Gasteiger charge is -2.25.